The highest BCUT2D eigenvalue weighted by Gasteiger charge is 2.21. The molecule has 0 bridgehead atoms. The SMILES string of the molecule is NC(=O)c1cnccc1N1CCN(c2ccc3nncn3n2)CC1. The summed E-state index contributed by atoms with van der Waals surface area (Å²) in [4.78, 5) is 19.9. The summed E-state index contributed by atoms with van der Waals surface area (Å²) in [5.74, 6) is 0.423. The normalized spacial score (nSPS) is 15.0. The van der Waals surface area contributed by atoms with Crippen LogP contribution in [-0.2, 0) is 0 Å². The van der Waals surface area contributed by atoms with Crippen LogP contribution in [0.15, 0.2) is 36.9 Å². The van der Waals surface area contributed by atoms with Crippen molar-refractivity contribution in [3.05, 3.63) is 42.5 Å². The van der Waals surface area contributed by atoms with Gasteiger partial charge >= 0.3 is 0 Å². The predicted octanol–water partition coefficient (Wildman–Crippen LogP) is -0.0552. The number of fused-ring (bicyclic) bond motifs is 1. The monoisotopic (exact) mass is 324 g/mol. The molecule has 3 aromatic rings. The van der Waals surface area contributed by atoms with Gasteiger partial charge in [-0.2, -0.15) is 4.52 Å². The van der Waals surface area contributed by atoms with Crippen molar-refractivity contribution in [2.24, 2.45) is 5.73 Å². The first-order valence-corrected chi connectivity index (χ1v) is 7.63. The second kappa shape index (κ2) is 5.76. The minimum Gasteiger partial charge on any atom is -0.367 e. The third-order valence-corrected chi connectivity index (χ3v) is 4.16. The van der Waals surface area contributed by atoms with E-state index in [0.717, 1.165) is 43.3 Å². The lowest BCUT2D eigenvalue weighted by molar-refractivity contribution is 0.100. The summed E-state index contributed by atoms with van der Waals surface area (Å²) in [7, 11) is 0. The van der Waals surface area contributed by atoms with Gasteiger partial charge in [-0.15, -0.1) is 15.3 Å². The van der Waals surface area contributed by atoms with Crippen LogP contribution in [0.3, 0.4) is 0 Å². The molecule has 0 aromatic carbocycles. The standard InChI is InChI=1S/C15H16N8O/c16-15(24)11-9-17-4-3-12(11)21-5-7-22(8-6-21)14-2-1-13-19-18-10-23(13)20-14/h1-4,9-10H,5-8H2,(H2,16,24). The van der Waals surface area contributed by atoms with Gasteiger partial charge in [0.2, 0.25) is 0 Å². The summed E-state index contributed by atoms with van der Waals surface area (Å²) in [6, 6.07) is 5.67. The number of amides is 1. The molecule has 1 aliphatic rings. The van der Waals surface area contributed by atoms with Crippen molar-refractivity contribution in [2.75, 3.05) is 36.0 Å². The zero-order valence-electron chi connectivity index (χ0n) is 12.9. The van der Waals surface area contributed by atoms with E-state index in [1.54, 1.807) is 17.0 Å². The Morgan fingerprint density at radius 2 is 1.88 bits per heavy atom. The van der Waals surface area contributed by atoms with E-state index in [0.29, 0.717) is 5.56 Å². The van der Waals surface area contributed by atoms with E-state index in [4.69, 9.17) is 5.73 Å². The van der Waals surface area contributed by atoms with Crippen LogP contribution in [0.2, 0.25) is 0 Å². The Morgan fingerprint density at radius 1 is 1.08 bits per heavy atom. The van der Waals surface area contributed by atoms with Crippen molar-refractivity contribution in [3.63, 3.8) is 0 Å². The molecule has 9 nitrogen and oxygen atoms in total. The molecule has 2 N–H and O–H groups in total. The van der Waals surface area contributed by atoms with E-state index in [9.17, 15) is 4.79 Å². The maximum atomic E-state index is 11.6. The largest absolute Gasteiger partial charge is 0.367 e. The topological polar surface area (TPSA) is 106 Å². The molecule has 0 saturated carbocycles. The maximum Gasteiger partial charge on any atom is 0.252 e. The summed E-state index contributed by atoms with van der Waals surface area (Å²) in [6.45, 7) is 3.13. The van der Waals surface area contributed by atoms with Crippen LogP contribution in [0.5, 0.6) is 0 Å². The first-order valence-electron chi connectivity index (χ1n) is 7.63. The van der Waals surface area contributed by atoms with Gasteiger partial charge in [-0.3, -0.25) is 9.78 Å². The lowest BCUT2D eigenvalue weighted by Gasteiger charge is -2.37. The second-order valence-electron chi connectivity index (χ2n) is 5.56. The van der Waals surface area contributed by atoms with E-state index in [1.807, 2.05) is 18.2 Å². The number of nitrogens with two attached hydrogens (primary N) is 1. The number of aromatic nitrogens is 5. The van der Waals surface area contributed by atoms with Crippen molar-refractivity contribution < 1.29 is 4.79 Å². The molecule has 3 aromatic heterocycles. The number of carbonyl (C=O) groups excluding carboxylic acids is 1. The van der Waals surface area contributed by atoms with Crippen LogP contribution in [0, 0.1) is 0 Å². The Bertz CT molecular complexity index is 884. The Hall–Kier alpha value is -3.23. The fourth-order valence-corrected chi connectivity index (χ4v) is 2.92. The third-order valence-electron chi connectivity index (χ3n) is 4.16. The Morgan fingerprint density at radius 3 is 2.67 bits per heavy atom. The minimum absolute atomic E-state index is 0.454. The number of hydrogen-bond donors (Lipinski definition) is 1. The quantitative estimate of drug-likeness (QED) is 0.719. The number of hydrogen-bond acceptors (Lipinski definition) is 7. The fourth-order valence-electron chi connectivity index (χ4n) is 2.92. The lowest BCUT2D eigenvalue weighted by Crippen LogP contribution is -2.47. The number of primary amides is 1. The second-order valence-corrected chi connectivity index (χ2v) is 5.56. The van der Waals surface area contributed by atoms with Crippen molar-refractivity contribution in [1.82, 2.24) is 24.8 Å². The van der Waals surface area contributed by atoms with Crippen molar-refractivity contribution in [3.8, 4) is 0 Å². The maximum absolute atomic E-state index is 11.6. The van der Waals surface area contributed by atoms with Crippen molar-refractivity contribution >= 4 is 23.1 Å². The average Bonchev–Trinajstić information content (AvgIpc) is 3.09. The zero-order valence-corrected chi connectivity index (χ0v) is 12.9. The molecule has 4 heterocycles. The summed E-state index contributed by atoms with van der Waals surface area (Å²) in [5.41, 5.74) is 7.45. The molecule has 1 fully saturated rings. The smallest absolute Gasteiger partial charge is 0.252 e. The molecule has 0 radical (unpaired) electrons. The molecule has 0 aliphatic carbocycles. The molecule has 4 rings (SSSR count). The third kappa shape index (κ3) is 2.49. The van der Waals surface area contributed by atoms with Crippen LogP contribution >= 0.6 is 0 Å². The van der Waals surface area contributed by atoms with E-state index >= 15 is 0 Å². The lowest BCUT2D eigenvalue weighted by atomic mass is 10.2. The zero-order chi connectivity index (χ0) is 16.5. The molecule has 0 spiro atoms. The number of nitrogens with zero attached hydrogens (tertiary/aromatic N) is 7. The molecular weight excluding hydrogens is 308 g/mol. The van der Waals surface area contributed by atoms with E-state index in [-0.39, 0.29) is 0 Å². The van der Waals surface area contributed by atoms with Gasteiger partial charge in [-0.1, -0.05) is 0 Å². The average molecular weight is 324 g/mol. The number of pyridine rings is 1. The molecule has 0 unspecified atom stereocenters. The molecule has 1 saturated heterocycles. The molecule has 122 valence electrons. The molecule has 1 aliphatic heterocycles. The molecule has 9 heteroatoms. The van der Waals surface area contributed by atoms with E-state index in [1.165, 1.54) is 6.20 Å². The van der Waals surface area contributed by atoms with Crippen LogP contribution in [0.25, 0.3) is 5.65 Å². The Balaban J connectivity index is 1.51. The van der Waals surface area contributed by atoms with Crippen LogP contribution < -0.4 is 15.5 Å². The van der Waals surface area contributed by atoms with E-state index in [2.05, 4.69) is 30.1 Å². The number of rotatable bonds is 3. The molecule has 1 amide bonds. The minimum atomic E-state index is -0.458. The molecule has 24 heavy (non-hydrogen) atoms. The van der Waals surface area contributed by atoms with Crippen LogP contribution in [-0.4, -0.2) is 56.9 Å². The van der Waals surface area contributed by atoms with Crippen molar-refractivity contribution in [1.29, 1.82) is 0 Å². The molecular formula is C15H16N8O. The molecule has 0 atom stereocenters. The van der Waals surface area contributed by atoms with Crippen LogP contribution in [0.1, 0.15) is 10.4 Å². The first-order chi connectivity index (χ1) is 11.7. The van der Waals surface area contributed by atoms with Gasteiger partial charge in [0.05, 0.1) is 11.3 Å². The van der Waals surface area contributed by atoms with Gasteiger partial charge in [0.1, 0.15) is 12.1 Å². The van der Waals surface area contributed by atoms with Gasteiger partial charge in [0, 0.05) is 38.6 Å². The predicted molar refractivity (Wildman–Crippen MR) is 88.0 cm³/mol. The van der Waals surface area contributed by atoms with Crippen molar-refractivity contribution in [2.45, 2.75) is 0 Å². The van der Waals surface area contributed by atoms with Gasteiger partial charge in [0.25, 0.3) is 5.91 Å². The summed E-state index contributed by atoms with van der Waals surface area (Å²) >= 11 is 0. The highest BCUT2D eigenvalue weighted by atomic mass is 16.1. The highest BCUT2D eigenvalue weighted by Crippen LogP contribution is 2.22. The first kappa shape index (κ1) is 14.4. The summed E-state index contributed by atoms with van der Waals surface area (Å²) < 4.78 is 1.66. The van der Waals surface area contributed by atoms with Gasteiger partial charge in [-0.25, -0.2) is 0 Å². The van der Waals surface area contributed by atoms with Gasteiger partial charge < -0.3 is 15.5 Å². The summed E-state index contributed by atoms with van der Waals surface area (Å²) in [5, 5.41) is 12.3. The number of carbonyl (C=O) groups is 1. The van der Waals surface area contributed by atoms with Crippen LogP contribution in [0.4, 0.5) is 11.5 Å². The highest BCUT2D eigenvalue weighted by molar-refractivity contribution is 5.98. The Labute approximate surface area is 137 Å². The summed E-state index contributed by atoms with van der Waals surface area (Å²) in [6.07, 6.45) is 4.78. The number of piperazine rings is 1. The fraction of sp³-hybridized carbons (Fsp3) is 0.267. The van der Waals surface area contributed by atoms with Gasteiger partial charge in [-0.05, 0) is 18.2 Å². The van der Waals surface area contributed by atoms with Gasteiger partial charge in [0.15, 0.2) is 5.65 Å². The Kier molecular flexibility index (Phi) is 3.45. The number of anilines is 2. The van der Waals surface area contributed by atoms with E-state index < -0.39 is 5.91 Å².